The Balaban J connectivity index is 2.40. The molecule has 6 heteroatoms. The molecule has 0 saturated carbocycles. The number of ether oxygens (including phenoxy) is 1. The number of morpholine rings is 1. The third kappa shape index (κ3) is 3.11. The second-order valence-electron chi connectivity index (χ2n) is 5.43. The smallest absolute Gasteiger partial charge is 0.324 e. The molecule has 1 aliphatic rings. The topological polar surface area (TPSA) is 63.7 Å². The van der Waals surface area contributed by atoms with Crippen LogP contribution in [0.2, 0.25) is 0 Å². The van der Waals surface area contributed by atoms with Gasteiger partial charge in [0.15, 0.2) is 0 Å². The van der Waals surface area contributed by atoms with Gasteiger partial charge in [0, 0.05) is 6.54 Å². The molecule has 1 heterocycles. The molecule has 21 heavy (non-hydrogen) atoms. The number of aryl methyl sites for hydroxylation is 1. The van der Waals surface area contributed by atoms with E-state index >= 15 is 0 Å². The zero-order valence-corrected chi connectivity index (χ0v) is 13.4. The summed E-state index contributed by atoms with van der Waals surface area (Å²) in [5, 5.41) is 0. The summed E-state index contributed by atoms with van der Waals surface area (Å²) in [5.41, 5.74) is 0.991. The van der Waals surface area contributed by atoms with Crippen LogP contribution in [0.3, 0.4) is 0 Å². The summed E-state index contributed by atoms with van der Waals surface area (Å²) >= 11 is 0. The predicted molar refractivity (Wildman–Crippen MR) is 79.3 cm³/mol. The van der Waals surface area contributed by atoms with Crippen molar-refractivity contribution in [3.8, 4) is 0 Å². The van der Waals surface area contributed by atoms with Crippen molar-refractivity contribution in [2.75, 3.05) is 13.2 Å². The van der Waals surface area contributed by atoms with Crippen LogP contribution in [-0.2, 0) is 19.6 Å². The first kappa shape index (κ1) is 16.0. The van der Waals surface area contributed by atoms with Crippen LogP contribution in [0.1, 0.15) is 25.8 Å². The lowest BCUT2D eigenvalue weighted by Gasteiger charge is -2.36. The lowest BCUT2D eigenvalue weighted by atomic mass is 9.99. The number of nitrogens with zero attached hydrogens (tertiary/aromatic N) is 1. The number of hydrogen-bond acceptors (Lipinski definition) is 4. The second-order valence-corrected chi connectivity index (χ2v) is 7.32. The Kier molecular flexibility index (Phi) is 4.68. The summed E-state index contributed by atoms with van der Waals surface area (Å²) in [6.45, 7) is 6.02. The normalized spacial score (nSPS) is 21.9. The number of esters is 1. The van der Waals surface area contributed by atoms with Gasteiger partial charge >= 0.3 is 5.97 Å². The highest BCUT2D eigenvalue weighted by atomic mass is 32.2. The molecule has 1 aromatic carbocycles. The number of benzene rings is 1. The molecule has 5 nitrogen and oxygen atoms in total. The number of sulfonamides is 1. The first-order chi connectivity index (χ1) is 9.87. The summed E-state index contributed by atoms with van der Waals surface area (Å²) in [4.78, 5) is 12.2. The Morgan fingerprint density at radius 3 is 2.52 bits per heavy atom. The first-order valence-electron chi connectivity index (χ1n) is 7.13. The van der Waals surface area contributed by atoms with Crippen LogP contribution in [0.25, 0.3) is 0 Å². The summed E-state index contributed by atoms with van der Waals surface area (Å²) in [6, 6.07) is 5.94. The molecule has 0 bridgehead atoms. The molecule has 1 aromatic rings. The molecular formula is C15H21NO4S. The van der Waals surface area contributed by atoms with Crippen molar-refractivity contribution in [2.45, 2.75) is 38.1 Å². The molecule has 0 amide bonds. The van der Waals surface area contributed by atoms with E-state index in [1.807, 2.05) is 20.8 Å². The fourth-order valence-corrected chi connectivity index (χ4v) is 4.09. The van der Waals surface area contributed by atoms with E-state index in [9.17, 15) is 13.2 Å². The van der Waals surface area contributed by atoms with E-state index in [4.69, 9.17) is 4.74 Å². The number of rotatable bonds is 4. The van der Waals surface area contributed by atoms with Crippen LogP contribution in [0.15, 0.2) is 29.2 Å². The van der Waals surface area contributed by atoms with Gasteiger partial charge in [-0.1, -0.05) is 38.0 Å². The van der Waals surface area contributed by atoms with Crippen LogP contribution in [0, 0.1) is 12.8 Å². The van der Waals surface area contributed by atoms with Crippen molar-refractivity contribution >= 4 is 16.0 Å². The van der Waals surface area contributed by atoms with Gasteiger partial charge in [0.25, 0.3) is 0 Å². The van der Waals surface area contributed by atoms with Crippen molar-refractivity contribution in [1.29, 1.82) is 0 Å². The minimum atomic E-state index is -3.68. The molecule has 0 N–H and O–H groups in total. The van der Waals surface area contributed by atoms with Gasteiger partial charge in [-0.3, -0.25) is 4.79 Å². The summed E-state index contributed by atoms with van der Waals surface area (Å²) in [7, 11) is -3.68. The molecular weight excluding hydrogens is 290 g/mol. The third-order valence-electron chi connectivity index (χ3n) is 3.92. The SMILES string of the molecule is CCC(C)[C@H]1C(=O)OCCN1S(=O)(=O)c1ccc(C)cc1. The Hall–Kier alpha value is -1.40. The summed E-state index contributed by atoms with van der Waals surface area (Å²) < 4.78 is 31.9. The average molecular weight is 311 g/mol. The highest BCUT2D eigenvalue weighted by Gasteiger charge is 2.42. The fourth-order valence-electron chi connectivity index (χ4n) is 2.43. The van der Waals surface area contributed by atoms with Gasteiger partial charge in [-0.15, -0.1) is 0 Å². The molecule has 0 aliphatic carbocycles. The highest BCUT2D eigenvalue weighted by molar-refractivity contribution is 7.89. The van der Waals surface area contributed by atoms with E-state index in [1.165, 1.54) is 4.31 Å². The number of cyclic esters (lactones) is 1. The first-order valence-corrected chi connectivity index (χ1v) is 8.57. The van der Waals surface area contributed by atoms with Crippen molar-refractivity contribution in [3.63, 3.8) is 0 Å². The largest absolute Gasteiger partial charge is 0.463 e. The molecule has 2 rings (SSSR count). The molecule has 0 radical (unpaired) electrons. The predicted octanol–water partition coefficient (Wildman–Crippen LogP) is 1.96. The summed E-state index contributed by atoms with van der Waals surface area (Å²) in [5.74, 6) is -0.538. The van der Waals surface area contributed by atoms with Gasteiger partial charge < -0.3 is 4.74 Å². The third-order valence-corrected chi connectivity index (χ3v) is 5.81. The van der Waals surface area contributed by atoms with E-state index < -0.39 is 22.0 Å². The minimum absolute atomic E-state index is 0.0852. The number of carbonyl (C=O) groups excluding carboxylic acids is 1. The van der Waals surface area contributed by atoms with Crippen molar-refractivity contribution in [2.24, 2.45) is 5.92 Å². The fraction of sp³-hybridized carbons (Fsp3) is 0.533. The number of hydrogen-bond donors (Lipinski definition) is 0. The lowest BCUT2D eigenvalue weighted by molar-refractivity contribution is -0.155. The van der Waals surface area contributed by atoms with E-state index in [1.54, 1.807) is 24.3 Å². The molecule has 2 atom stereocenters. The van der Waals surface area contributed by atoms with Crippen LogP contribution in [0.5, 0.6) is 0 Å². The molecule has 0 aromatic heterocycles. The van der Waals surface area contributed by atoms with E-state index in [2.05, 4.69) is 0 Å². The molecule has 1 aliphatic heterocycles. The Morgan fingerprint density at radius 1 is 1.33 bits per heavy atom. The Labute approximate surface area is 126 Å². The van der Waals surface area contributed by atoms with Gasteiger partial charge in [0.2, 0.25) is 10.0 Å². The van der Waals surface area contributed by atoms with E-state index in [0.717, 1.165) is 5.56 Å². The van der Waals surface area contributed by atoms with Gasteiger partial charge in [-0.2, -0.15) is 4.31 Å². The van der Waals surface area contributed by atoms with E-state index in [-0.39, 0.29) is 24.0 Å². The van der Waals surface area contributed by atoms with Gasteiger partial charge in [-0.25, -0.2) is 8.42 Å². The maximum absolute atomic E-state index is 12.8. The van der Waals surface area contributed by atoms with Crippen molar-refractivity contribution < 1.29 is 17.9 Å². The van der Waals surface area contributed by atoms with Crippen LogP contribution >= 0.6 is 0 Å². The van der Waals surface area contributed by atoms with E-state index in [0.29, 0.717) is 6.42 Å². The van der Waals surface area contributed by atoms with Gasteiger partial charge in [0.1, 0.15) is 12.6 Å². The zero-order chi connectivity index (χ0) is 15.6. The summed E-state index contributed by atoms with van der Waals surface area (Å²) in [6.07, 6.45) is 0.708. The van der Waals surface area contributed by atoms with Crippen LogP contribution < -0.4 is 0 Å². The highest BCUT2D eigenvalue weighted by Crippen LogP contribution is 2.26. The minimum Gasteiger partial charge on any atom is -0.463 e. The molecule has 1 fully saturated rings. The van der Waals surface area contributed by atoms with Crippen molar-refractivity contribution in [3.05, 3.63) is 29.8 Å². The second kappa shape index (κ2) is 6.15. The maximum atomic E-state index is 12.8. The lowest BCUT2D eigenvalue weighted by Crippen LogP contribution is -2.54. The molecule has 0 spiro atoms. The molecule has 116 valence electrons. The maximum Gasteiger partial charge on any atom is 0.324 e. The molecule has 1 unspecified atom stereocenters. The van der Waals surface area contributed by atoms with Gasteiger partial charge in [0.05, 0.1) is 4.90 Å². The van der Waals surface area contributed by atoms with Crippen molar-refractivity contribution in [1.82, 2.24) is 4.31 Å². The van der Waals surface area contributed by atoms with Crippen LogP contribution in [-0.4, -0.2) is 37.9 Å². The Bertz CT molecular complexity index is 609. The average Bonchev–Trinajstić information content (AvgIpc) is 2.46. The standard InChI is InChI=1S/C15H21NO4S/c1-4-12(3)14-15(17)20-10-9-16(14)21(18,19)13-7-5-11(2)6-8-13/h5-8,12,14H,4,9-10H2,1-3H3/t12?,14-/m0/s1. The Morgan fingerprint density at radius 2 is 1.95 bits per heavy atom. The number of carbonyl (C=O) groups is 1. The molecule has 1 saturated heterocycles. The van der Waals surface area contributed by atoms with Crippen LogP contribution in [0.4, 0.5) is 0 Å². The van der Waals surface area contributed by atoms with Gasteiger partial charge in [-0.05, 0) is 25.0 Å². The monoisotopic (exact) mass is 311 g/mol. The quantitative estimate of drug-likeness (QED) is 0.797. The zero-order valence-electron chi connectivity index (χ0n) is 12.6.